The molecule has 1 fully saturated rings. The monoisotopic (exact) mass is 256 g/mol. The molecule has 2 rings (SSSR count). The molecule has 0 bridgehead atoms. The van der Waals surface area contributed by atoms with E-state index in [0.29, 0.717) is 18.7 Å². The summed E-state index contributed by atoms with van der Waals surface area (Å²) in [7, 11) is -3.53. The zero-order chi connectivity index (χ0) is 12.5. The molecule has 0 aliphatic carbocycles. The van der Waals surface area contributed by atoms with Crippen molar-refractivity contribution >= 4 is 15.9 Å². The average Bonchev–Trinajstić information content (AvgIpc) is 2.78. The van der Waals surface area contributed by atoms with Gasteiger partial charge in [-0.2, -0.15) is 12.7 Å². The second-order valence-electron chi connectivity index (χ2n) is 4.18. The molecular formula is C11H16N2O3S. The molecule has 5 nitrogen and oxygen atoms in total. The Morgan fingerprint density at radius 3 is 2.59 bits per heavy atom. The molecule has 0 saturated carbocycles. The average molecular weight is 256 g/mol. The highest BCUT2D eigenvalue weighted by atomic mass is 32.2. The van der Waals surface area contributed by atoms with Gasteiger partial charge in [0.1, 0.15) is 5.75 Å². The summed E-state index contributed by atoms with van der Waals surface area (Å²) in [5.41, 5.74) is 0.878. The third kappa shape index (κ3) is 2.53. The maximum atomic E-state index is 12.0. The van der Waals surface area contributed by atoms with Gasteiger partial charge in [-0.3, -0.25) is 4.72 Å². The second kappa shape index (κ2) is 4.54. The van der Waals surface area contributed by atoms with Crippen molar-refractivity contribution in [2.75, 3.05) is 17.8 Å². The third-order valence-electron chi connectivity index (χ3n) is 2.88. The van der Waals surface area contributed by atoms with E-state index >= 15 is 0 Å². The van der Waals surface area contributed by atoms with E-state index in [2.05, 4.69) is 4.72 Å². The number of anilines is 1. The van der Waals surface area contributed by atoms with Crippen molar-refractivity contribution in [2.24, 2.45) is 0 Å². The standard InChI is InChI=1S/C11H16N2O3S/c1-9-5-4-6-10(11(9)14)12-17(15,16)13-7-2-3-8-13/h4-6,12,14H,2-3,7-8H2,1H3. The van der Waals surface area contributed by atoms with E-state index < -0.39 is 10.2 Å². The zero-order valence-corrected chi connectivity index (χ0v) is 10.5. The summed E-state index contributed by atoms with van der Waals surface area (Å²) in [6.45, 7) is 2.81. The Morgan fingerprint density at radius 1 is 1.29 bits per heavy atom. The minimum Gasteiger partial charge on any atom is -0.505 e. The number of rotatable bonds is 3. The Bertz CT molecular complexity index is 507. The summed E-state index contributed by atoms with van der Waals surface area (Å²) in [5, 5.41) is 9.76. The van der Waals surface area contributed by atoms with Gasteiger partial charge < -0.3 is 5.11 Å². The largest absolute Gasteiger partial charge is 0.505 e. The fourth-order valence-electron chi connectivity index (χ4n) is 1.87. The van der Waals surface area contributed by atoms with Gasteiger partial charge in [0.25, 0.3) is 0 Å². The van der Waals surface area contributed by atoms with Crippen LogP contribution in [0.1, 0.15) is 18.4 Å². The molecule has 1 aromatic rings. The predicted molar refractivity (Wildman–Crippen MR) is 66.2 cm³/mol. The first-order chi connectivity index (χ1) is 8.00. The Morgan fingerprint density at radius 2 is 1.94 bits per heavy atom. The number of phenols is 1. The Kier molecular flexibility index (Phi) is 3.26. The molecule has 0 aromatic heterocycles. The number of nitrogens with one attached hydrogen (secondary N) is 1. The van der Waals surface area contributed by atoms with Gasteiger partial charge in [-0.15, -0.1) is 0 Å². The summed E-state index contributed by atoms with van der Waals surface area (Å²) in [5.74, 6) is -0.0183. The van der Waals surface area contributed by atoms with Gasteiger partial charge in [-0.05, 0) is 31.4 Å². The first kappa shape index (κ1) is 12.2. The van der Waals surface area contributed by atoms with Gasteiger partial charge in [0.2, 0.25) is 0 Å². The first-order valence-electron chi connectivity index (χ1n) is 5.57. The Balaban J connectivity index is 2.23. The van der Waals surface area contributed by atoms with Crippen LogP contribution in [0.4, 0.5) is 5.69 Å². The number of phenolic OH excluding ortho intramolecular Hbond substituents is 1. The molecule has 1 saturated heterocycles. The van der Waals surface area contributed by atoms with Gasteiger partial charge in [0.15, 0.2) is 0 Å². The molecule has 0 radical (unpaired) electrons. The number of nitrogens with zero attached hydrogens (tertiary/aromatic N) is 1. The highest BCUT2D eigenvalue weighted by Gasteiger charge is 2.25. The lowest BCUT2D eigenvalue weighted by Gasteiger charge is -2.17. The van der Waals surface area contributed by atoms with E-state index in [1.165, 1.54) is 4.31 Å². The highest BCUT2D eigenvalue weighted by molar-refractivity contribution is 7.90. The SMILES string of the molecule is Cc1cccc(NS(=O)(=O)N2CCCC2)c1O. The second-order valence-corrected chi connectivity index (χ2v) is 5.85. The highest BCUT2D eigenvalue weighted by Crippen LogP contribution is 2.28. The van der Waals surface area contributed by atoms with Gasteiger partial charge in [0.05, 0.1) is 5.69 Å². The smallest absolute Gasteiger partial charge is 0.301 e. The van der Waals surface area contributed by atoms with Crippen LogP contribution in [0.2, 0.25) is 0 Å². The van der Waals surface area contributed by atoms with E-state index in [0.717, 1.165) is 12.8 Å². The molecule has 94 valence electrons. The van der Waals surface area contributed by atoms with Crippen LogP contribution < -0.4 is 4.72 Å². The predicted octanol–water partition coefficient (Wildman–Crippen LogP) is 1.45. The number of benzene rings is 1. The summed E-state index contributed by atoms with van der Waals surface area (Å²) in [6.07, 6.45) is 1.78. The number of aromatic hydroxyl groups is 1. The van der Waals surface area contributed by atoms with E-state index in [9.17, 15) is 13.5 Å². The van der Waals surface area contributed by atoms with Crippen LogP contribution in [0, 0.1) is 6.92 Å². The normalized spacial score (nSPS) is 17.2. The van der Waals surface area contributed by atoms with Gasteiger partial charge >= 0.3 is 10.2 Å². The van der Waals surface area contributed by atoms with Crippen LogP contribution in [0.25, 0.3) is 0 Å². The van der Waals surface area contributed by atoms with Crippen molar-refractivity contribution in [2.45, 2.75) is 19.8 Å². The van der Waals surface area contributed by atoms with Crippen molar-refractivity contribution in [3.8, 4) is 5.75 Å². The van der Waals surface area contributed by atoms with Crippen molar-refractivity contribution < 1.29 is 13.5 Å². The lowest BCUT2D eigenvalue weighted by molar-refractivity contribution is 0.469. The fourth-order valence-corrected chi connectivity index (χ4v) is 3.18. The molecule has 0 unspecified atom stereocenters. The van der Waals surface area contributed by atoms with Gasteiger partial charge in [-0.1, -0.05) is 12.1 Å². The molecule has 1 aliphatic heterocycles. The quantitative estimate of drug-likeness (QED) is 0.804. The van der Waals surface area contributed by atoms with E-state index in [-0.39, 0.29) is 11.4 Å². The molecule has 6 heteroatoms. The van der Waals surface area contributed by atoms with Crippen LogP contribution in [-0.2, 0) is 10.2 Å². The topological polar surface area (TPSA) is 69.6 Å². The summed E-state index contributed by atoms with van der Waals surface area (Å²) in [6, 6.07) is 4.98. The van der Waals surface area contributed by atoms with Gasteiger partial charge in [-0.25, -0.2) is 0 Å². The summed E-state index contributed by atoms with van der Waals surface area (Å²) >= 11 is 0. The molecule has 0 atom stereocenters. The fraction of sp³-hybridized carbons (Fsp3) is 0.455. The molecule has 0 amide bonds. The van der Waals surface area contributed by atoms with Crippen molar-refractivity contribution in [1.29, 1.82) is 0 Å². The van der Waals surface area contributed by atoms with Crippen molar-refractivity contribution in [3.05, 3.63) is 23.8 Å². The maximum absolute atomic E-state index is 12.0. The van der Waals surface area contributed by atoms with Gasteiger partial charge in [0, 0.05) is 13.1 Å². The third-order valence-corrected chi connectivity index (χ3v) is 4.40. The van der Waals surface area contributed by atoms with E-state index in [1.807, 2.05) is 0 Å². The lowest BCUT2D eigenvalue weighted by Crippen LogP contribution is -2.33. The number of hydrogen-bond donors (Lipinski definition) is 2. The molecule has 17 heavy (non-hydrogen) atoms. The first-order valence-corrected chi connectivity index (χ1v) is 7.01. The molecular weight excluding hydrogens is 240 g/mol. The van der Waals surface area contributed by atoms with E-state index in [4.69, 9.17) is 0 Å². The van der Waals surface area contributed by atoms with Crippen LogP contribution in [0.3, 0.4) is 0 Å². The minimum absolute atomic E-state index is 0.0183. The van der Waals surface area contributed by atoms with Crippen molar-refractivity contribution in [3.63, 3.8) is 0 Å². The van der Waals surface area contributed by atoms with Crippen LogP contribution in [0.15, 0.2) is 18.2 Å². The molecule has 1 aliphatic rings. The molecule has 1 heterocycles. The Hall–Kier alpha value is -1.27. The Labute approximate surface area is 101 Å². The van der Waals surface area contributed by atoms with Crippen molar-refractivity contribution in [1.82, 2.24) is 4.31 Å². The van der Waals surface area contributed by atoms with Crippen LogP contribution in [0.5, 0.6) is 5.75 Å². The molecule has 0 spiro atoms. The number of para-hydroxylation sites is 1. The number of hydrogen-bond acceptors (Lipinski definition) is 3. The lowest BCUT2D eigenvalue weighted by atomic mass is 10.2. The van der Waals surface area contributed by atoms with Crippen LogP contribution >= 0.6 is 0 Å². The summed E-state index contributed by atoms with van der Waals surface area (Å²) in [4.78, 5) is 0. The zero-order valence-electron chi connectivity index (χ0n) is 9.68. The summed E-state index contributed by atoms with van der Waals surface area (Å²) < 4.78 is 27.8. The molecule has 2 N–H and O–H groups in total. The minimum atomic E-state index is -3.53. The van der Waals surface area contributed by atoms with Crippen LogP contribution in [-0.4, -0.2) is 30.9 Å². The van der Waals surface area contributed by atoms with E-state index in [1.54, 1.807) is 25.1 Å². The molecule has 1 aromatic carbocycles. The number of aryl methyl sites for hydroxylation is 1. The maximum Gasteiger partial charge on any atom is 0.301 e.